The fourth-order valence-corrected chi connectivity index (χ4v) is 5.99. The van der Waals surface area contributed by atoms with Gasteiger partial charge in [-0.2, -0.15) is 0 Å². The lowest BCUT2D eigenvalue weighted by Gasteiger charge is -2.41. The lowest BCUT2D eigenvalue weighted by molar-refractivity contribution is -0.174. The van der Waals surface area contributed by atoms with E-state index in [2.05, 4.69) is 6.58 Å². The molecule has 11 heteroatoms. The zero-order chi connectivity index (χ0) is 33.1. The first-order valence-electron chi connectivity index (χ1n) is 14.4. The maximum absolute atomic E-state index is 14.1. The van der Waals surface area contributed by atoms with Crippen molar-refractivity contribution in [3.05, 3.63) is 60.2 Å². The Hall–Kier alpha value is -4.12. The van der Waals surface area contributed by atoms with Crippen LogP contribution in [-0.2, 0) is 42.9 Å². The third-order valence-electron chi connectivity index (χ3n) is 8.10. The molecule has 238 valence electrons. The van der Waals surface area contributed by atoms with Crippen LogP contribution in [0.1, 0.15) is 65.2 Å². The first-order chi connectivity index (χ1) is 20.4. The summed E-state index contributed by atoms with van der Waals surface area (Å²) < 4.78 is 22.5. The van der Waals surface area contributed by atoms with Gasteiger partial charge in [0, 0.05) is 37.7 Å². The normalized spacial score (nSPS) is 32.7. The van der Waals surface area contributed by atoms with Crippen molar-refractivity contribution in [1.29, 1.82) is 0 Å². The van der Waals surface area contributed by atoms with E-state index in [1.807, 2.05) is 0 Å². The SMILES string of the molecule is C=C1[C@H](OC(C)=O)[C@H]2[C@@H](OC(=O)c3ccccc3)[C@@H](C)C[C@]2(O)C(=O)[C@@H](C)/C=C\C(C)(C)C(=O)[C@H](OC(C)=O)[C@H]1OC(C)=O. The molecule has 0 radical (unpaired) electrons. The van der Waals surface area contributed by atoms with Gasteiger partial charge in [0.15, 0.2) is 17.7 Å². The molecule has 0 heterocycles. The molecule has 44 heavy (non-hydrogen) atoms. The Morgan fingerprint density at radius 1 is 0.818 bits per heavy atom. The fraction of sp³-hybridized carbons (Fsp3) is 0.515. The van der Waals surface area contributed by atoms with Crippen LogP contribution in [0.25, 0.3) is 0 Å². The lowest BCUT2D eigenvalue weighted by Crippen LogP contribution is -2.56. The molecule has 11 nitrogen and oxygen atoms in total. The van der Waals surface area contributed by atoms with Gasteiger partial charge in [0.25, 0.3) is 0 Å². The standard InChI is InChI=1S/C33H40O11/c1-17-14-15-32(7,8)30(38)28(43-22(6)36)27(42-21(5)35)19(3)26(41-20(4)34)24-25(18(2)16-33(24,40)29(17)37)44-31(39)23-12-10-9-11-13-23/h9-15,17-18,24-28,40H,3,16H2,1-2,4-8H3/b15-14-/t17-,18-,24+,25-,26-,27-,28+,33+/m0/s1. The van der Waals surface area contributed by atoms with Crippen LogP contribution < -0.4 is 0 Å². The second-order valence-corrected chi connectivity index (χ2v) is 12.1. The molecule has 0 amide bonds. The van der Waals surface area contributed by atoms with Gasteiger partial charge in [0.2, 0.25) is 6.10 Å². The van der Waals surface area contributed by atoms with Crippen LogP contribution in [0.5, 0.6) is 0 Å². The Morgan fingerprint density at radius 2 is 1.34 bits per heavy atom. The van der Waals surface area contributed by atoms with Crippen LogP contribution in [0.2, 0.25) is 0 Å². The van der Waals surface area contributed by atoms with Crippen molar-refractivity contribution in [2.75, 3.05) is 0 Å². The Bertz CT molecular complexity index is 1360. The first-order valence-corrected chi connectivity index (χ1v) is 14.4. The number of carbonyl (C=O) groups is 6. The molecule has 8 atom stereocenters. The Morgan fingerprint density at radius 3 is 1.89 bits per heavy atom. The van der Waals surface area contributed by atoms with Gasteiger partial charge in [0.05, 0.1) is 11.5 Å². The number of benzene rings is 1. The van der Waals surface area contributed by atoms with Crippen molar-refractivity contribution in [3.63, 3.8) is 0 Å². The minimum Gasteiger partial charge on any atom is -0.458 e. The van der Waals surface area contributed by atoms with E-state index in [1.54, 1.807) is 25.1 Å². The van der Waals surface area contributed by atoms with Crippen LogP contribution >= 0.6 is 0 Å². The van der Waals surface area contributed by atoms with Crippen molar-refractivity contribution in [3.8, 4) is 0 Å². The van der Waals surface area contributed by atoms with Crippen LogP contribution in [0, 0.1) is 23.2 Å². The van der Waals surface area contributed by atoms with Gasteiger partial charge >= 0.3 is 23.9 Å². The van der Waals surface area contributed by atoms with E-state index >= 15 is 0 Å². The van der Waals surface area contributed by atoms with E-state index in [0.717, 1.165) is 20.8 Å². The number of ketones is 2. The van der Waals surface area contributed by atoms with Gasteiger partial charge in [-0.3, -0.25) is 24.0 Å². The summed E-state index contributed by atoms with van der Waals surface area (Å²) in [5, 5.41) is 12.3. The van der Waals surface area contributed by atoms with Crippen molar-refractivity contribution >= 4 is 35.4 Å². The number of carbonyl (C=O) groups excluding carboxylic acids is 6. The summed E-state index contributed by atoms with van der Waals surface area (Å²) in [6, 6.07) is 8.05. The number of rotatable bonds is 5. The van der Waals surface area contributed by atoms with E-state index in [4.69, 9.17) is 18.9 Å². The van der Waals surface area contributed by atoms with E-state index in [-0.39, 0.29) is 17.6 Å². The number of aliphatic hydroxyl groups is 1. The number of allylic oxidation sites excluding steroid dienone is 2. The van der Waals surface area contributed by atoms with Crippen molar-refractivity contribution in [2.24, 2.45) is 23.2 Å². The molecule has 0 saturated heterocycles. The van der Waals surface area contributed by atoms with Crippen molar-refractivity contribution in [1.82, 2.24) is 0 Å². The van der Waals surface area contributed by atoms with E-state index < -0.39 is 88.6 Å². The monoisotopic (exact) mass is 612 g/mol. The molecule has 1 fully saturated rings. The molecule has 3 rings (SSSR count). The molecular formula is C33H40O11. The smallest absolute Gasteiger partial charge is 0.338 e. The van der Waals surface area contributed by atoms with Gasteiger partial charge in [-0.15, -0.1) is 0 Å². The number of esters is 4. The summed E-state index contributed by atoms with van der Waals surface area (Å²) in [5.41, 5.74) is -3.65. The molecule has 1 aromatic rings. The quantitative estimate of drug-likeness (QED) is 0.295. The highest BCUT2D eigenvalue weighted by Gasteiger charge is 2.63. The second-order valence-electron chi connectivity index (χ2n) is 12.1. The highest BCUT2D eigenvalue weighted by molar-refractivity contribution is 5.95. The fourth-order valence-electron chi connectivity index (χ4n) is 5.99. The van der Waals surface area contributed by atoms with Gasteiger partial charge in [-0.1, -0.05) is 50.8 Å². The van der Waals surface area contributed by atoms with Crippen molar-refractivity contribution in [2.45, 2.75) is 84.9 Å². The van der Waals surface area contributed by atoms with Gasteiger partial charge in [-0.25, -0.2) is 4.79 Å². The molecule has 1 aromatic carbocycles. The molecule has 0 spiro atoms. The summed E-state index contributed by atoms with van der Waals surface area (Å²) in [4.78, 5) is 78.4. The average Bonchev–Trinajstić information content (AvgIpc) is 3.20. The first kappa shape index (κ1) is 34.4. The highest BCUT2D eigenvalue weighted by Crippen LogP contribution is 2.49. The zero-order valence-electron chi connectivity index (χ0n) is 26.0. The van der Waals surface area contributed by atoms with Crippen molar-refractivity contribution < 1.29 is 52.8 Å². The topological polar surface area (TPSA) is 160 Å². The van der Waals surface area contributed by atoms with Crippen LogP contribution in [0.15, 0.2) is 54.6 Å². The van der Waals surface area contributed by atoms with Crippen LogP contribution in [-0.4, -0.2) is 70.6 Å². The summed E-state index contributed by atoms with van der Waals surface area (Å²) in [6.45, 7) is 13.5. The number of hydrogen-bond donors (Lipinski definition) is 1. The summed E-state index contributed by atoms with van der Waals surface area (Å²) in [7, 11) is 0. The third-order valence-corrected chi connectivity index (χ3v) is 8.10. The van der Waals surface area contributed by atoms with E-state index in [1.165, 1.54) is 45.1 Å². The molecule has 2 aliphatic rings. The average molecular weight is 613 g/mol. The third kappa shape index (κ3) is 7.15. The summed E-state index contributed by atoms with van der Waals surface area (Å²) in [6.07, 6.45) is -3.59. The van der Waals surface area contributed by atoms with Crippen LogP contribution in [0.3, 0.4) is 0 Å². The number of ether oxygens (including phenoxy) is 4. The van der Waals surface area contributed by atoms with E-state index in [9.17, 15) is 33.9 Å². The maximum atomic E-state index is 14.1. The molecule has 0 unspecified atom stereocenters. The highest BCUT2D eigenvalue weighted by atomic mass is 16.6. The number of Topliss-reactive ketones (excluding diaryl/α,β-unsaturated/α-hetero) is 2. The zero-order valence-corrected chi connectivity index (χ0v) is 26.0. The Labute approximate surface area is 256 Å². The molecule has 0 aliphatic heterocycles. The summed E-state index contributed by atoms with van der Waals surface area (Å²) in [5.74, 6) is -7.77. The van der Waals surface area contributed by atoms with Gasteiger partial charge < -0.3 is 24.1 Å². The van der Waals surface area contributed by atoms with Gasteiger partial charge in [0.1, 0.15) is 17.8 Å². The van der Waals surface area contributed by atoms with E-state index in [0.29, 0.717) is 0 Å². The second kappa shape index (κ2) is 13.3. The Kier molecular flexibility index (Phi) is 10.4. The minimum atomic E-state index is -2.24. The molecular weight excluding hydrogens is 572 g/mol. The number of hydrogen-bond acceptors (Lipinski definition) is 11. The molecule has 0 aromatic heterocycles. The molecule has 1 saturated carbocycles. The Balaban J connectivity index is 2.32. The lowest BCUT2D eigenvalue weighted by atomic mass is 9.72. The van der Waals surface area contributed by atoms with Crippen LogP contribution in [0.4, 0.5) is 0 Å². The predicted molar refractivity (Wildman–Crippen MR) is 156 cm³/mol. The number of fused-ring (bicyclic) bond motifs is 1. The van der Waals surface area contributed by atoms with Gasteiger partial charge in [-0.05, 0) is 38.3 Å². The molecule has 2 aliphatic carbocycles. The molecule has 0 bridgehead atoms. The predicted octanol–water partition coefficient (Wildman–Crippen LogP) is 3.32. The minimum absolute atomic E-state index is 0.180. The largest absolute Gasteiger partial charge is 0.458 e. The molecule has 1 N–H and O–H groups in total. The maximum Gasteiger partial charge on any atom is 0.338 e. The summed E-state index contributed by atoms with van der Waals surface area (Å²) >= 11 is 0.